The standard InChI is InChI=1S/C15H17NO/c1-11-7-8-12(2)15(9-11)17-14-6-4-3-5-13(14)10-16/h3-9H,10,16H2,1-2H3. The van der Waals surface area contributed by atoms with Crippen molar-refractivity contribution in [3.8, 4) is 11.5 Å². The largest absolute Gasteiger partial charge is 0.457 e. The van der Waals surface area contributed by atoms with E-state index in [2.05, 4.69) is 19.1 Å². The molecule has 0 amide bonds. The molecule has 2 aromatic rings. The van der Waals surface area contributed by atoms with Crippen LogP contribution in [0.15, 0.2) is 42.5 Å². The predicted molar refractivity (Wildman–Crippen MR) is 70.3 cm³/mol. The maximum Gasteiger partial charge on any atom is 0.131 e. The van der Waals surface area contributed by atoms with Gasteiger partial charge in [-0.1, -0.05) is 30.3 Å². The molecule has 2 aromatic carbocycles. The van der Waals surface area contributed by atoms with Crippen LogP contribution >= 0.6 is 0 Å². The number of ether oxygens (including phenoxy) is 1. The van der Waals surface area contributed by atoms with Crippen molar-refractivity contribution < 1.29 is 4.74 Å². The summed E-state index contributed by atoms with van der Waals surface area (Å²) >= 11 is 0. The first-order valence-electron chi connectivity index (χ1n) is 5.74. The molecule has 88 valence electrons. The van der Waals surface area contributed by atoms with Crippen molar-refractivity contribution in [3.63, 3.8) is 0 Å². The van der Waals surface area contributed by atoms with E-state index in [1.54, 1.807) is 0 Å². The summed E-state index contributed by atoms with van der Waals surface area (Å²) in [6.07, 6.45) is 0. The zero-order chi connectivity index (χ0) is 12.3. The lowest BCUT2D eigenvalue weighted by Gasteiger charge is -2.12. The van der Waals surface area contributed by atoms with Crippen LogP contribution in [0.2, 0.25) is 0 Å². The summed E-state index contributed by atoms with van der Waals surface area (Å²) in [7, 11) is 0. The average Bonchev–Trinajstić information content (AvgIpc) is 2.34. The minimum absolute atomic E-state index is 0.487. The molecule has 2 N–H and O–H groups in total. The van der Waals surface area contributed by atoms with E-state index in [1.165, 1.54) is 5.56 Å². The number of benzene rings is 2. The number of para-hydroxylation sites is 1. The van der Waals surface area contributed by atoms with Gasteiger partial charge in [0.05, 0.1) is 0 Å². The third-order valence-electron chi connectivity index (χ3n) is 2.76. The minimum Gasteiger partial charge on any atom is -0.457 e. The molecule has 0 bridgehead atoms. The summed E-state index contributed by atoms with van der Waals surface area (Å²) in [5.74, 6) is 1.73. The summed E-state index contributed by atoms with van der Waals surface area (Å²) in [6, 6.07) is 14.1. The van der Waals surface area contributed by atoms with Gasteiger partial charge in [-0.05, 0) is 37.1 Å². The lowest BCUT2D eigenvalue weighted by molar-refractivity contribution is 0.472. The van der Waals surface area contributed by atoms with Crippen LogP contribution in [0.3, 0.4) is 0 Å². The zero-order valence-electron chi connectivity index (χ0n) is 10.2. The molecule has 0 atom stereocenters. The van der Waals surface area contributed by atoms with Crippen molar-refractivity contribution in [2.45, 2.75) is 20.4 Å². The number of nitrogens with two attached hydrogens (primary N) is 1. The molecule has 0 aliphatic heterocycles. The fourth-order valence-corrected chi connectivity index (χ4v) is 1.71. The van der Waals surface area contributed by atoms with Crippen LogP contribution in [-0.2, 0) is 6.54 Å². The summed E-state index contributed by atoms with van der Waals surface area (Å²) in [5, 5.41) is 0. The molecular weight excluding hydrogens is 210 g/mol. The van der Waals surface area contributed by atoms with E-state index in [9.17, 15) is 0 Å². The smallest absolute Gasteiger partial charge is 0.131 e. The molecule has 0 unspecified atom stereocenters. The summed E-state index contributed by atoms with van der Waals surface area (Å²) in [4.78, 5) is 0. The number of rotatable bonds is 3. The second kappa shape index (κ2) is 5.02. The topological polar surface area (TPSA) is 35.2 Å². The highest BCUT2D eigenvalue weighted by atomic mass is 16.5. The van der Waals surface area contributed by atoms with Gasteiger partial charge in [0.1, 0.15) is 11.5 Å². The third kappa shape index (κ3) is 2.66. The van der Waals surface area contributed by atoms with E-state index in [-0.39, 0.29) is 0 Å². The average molecular weight is 227 g/mol. The van der Waals surface area contributed by atoms with Crippen molar-refractivity contribution in [1.29, 1.82) is 0 Å². The Balaban J connectivity index is 2.34. The summed E-state index contributed by atoms with van der Waals surface area (Å²) < 4.78 is 5.93. The van der Waals surface area contributed by atoms with E-state index in [1.807, 2.05) is 37.3 Å². The third-order valence-corrected chi connectivity index (χ3v) is 2.76. The highest BCUT2D eigenvalue weighted by Gasteiger charge is 2.05. The lowest BCUT2D eigenvalue weighted by Crippen LogP contribution is -1.99. The van der Waals surface area contributed by atoms with Crippen LogP contribution in [0.1, 0.15) is 16.7 Å². The van der Waals surface area contributed by atoms with Crippen LogP contribution in [0, 0.1) is 13.8 Å². The molecule has 2 nitrogen and oxygen atoms in total. The van der Waals surface area contributed by atoms with Crippen LogP contribution < -0.4 is 10.5 Å². The van der Waals surface area contributed by atoms with E-state index in [0.29, 0.717) is 6.54 Å². The van der Waals surface area contributed by atoms with Crippen LogP contribution in [-0.4, -0.2) is 0 Å². The van der Waals surface area contributed by atoms with E-state index < -0.39 is 0 Å². The second-order valence-electron chi connectivity index (χ2n) is 4.18. The Hall–Kier alpha value is -1.80. The van der Waals surface area contributed by atoms with Crippen LogP contribution in [0.5, 0.6) is 11.5 Å². The zero-order valence-corrected chi connectivity index (χ0v) is 10.2. The SMILES string of the molecule is Cc1ccc(C)c(Oc2ccccc2CN)c1. The van der Waals surface area contributed by atoms with E-state index in [4.69, 9.17) is 10.5 Å². The van der Waals surface area contributed by atoms with Gasteiger partial charge in [0.25, 0.3) is 0 Å². The molecule has 2 rings (SSSR count). The fourth-order valence-electron chi connectivity index (χ4n) is 1.71. The minimum atomic E-state index is 0.487. The van der Waals surface area contributed by atoms with Gasteiger partial charge in [-0.2, -0.15) is 0 Å². The van der Waals surface area contributed by atoms with Gasteiger partial charge < -0.3 is 10.5 Å². The molecule has 0 aliphatic carbocycles. The molecular formula is C15H17NO. The Bertz CT molecular complexity index is 520. The van der Waals surface area contributed by atoms with Crippen LogP contribution in [0.25, 0.3) is 0 Å². The molecule has 2 heteroatoms. The van der Waals surface area contributed by atoms with Gasteiger partial charge in [-0.3, -0.25) is 0 Å². The summed E-state index contributed by atoms with van der Waals surface area (Å²) in [6.45, 7) is 4.59. The van der Waals surface area contributed by atoms with Gasteiger partial charge in [0.2, 0.25) is 0 Å². The van der Waals surface area contributed by atoms with E-state index in [0.717, 1.165) is 22.6 Å². The molecule has 0 saturated carbocycles. The maximum absolute atomic E-state index is 5.93. The number of hydrogen-bond donors (Lipinski definition) is 1. The van der Waals surface area contributed by atoms with Gasteiger partial charge >= 0.3 is 0 Å². The Morgan fingerprint density at radius 2 is 1.76 bits per heavy atom. The number of hydrogen-bond acceptors (Lipinski definition) is 2. The van der Waals surface area contributed by atoms with Crippen molar-refractivity contribution in [2.24, 2.45) is 5.73 Å². The lowest BCUT2D eigenvalue weighted by atomic mass is 10.1. The maximum atomic E-state index is 5.93. The Morgan fingerprint density at radius 3 is 2.53 bits per heavy atom. The predicted octanol–water partition coefficient (Wildman–Crippen LogP) is 3.55. The van der Waals surface area contributed by atoms with Gasteiger partial charge in [-0.25, -0.2) is 0 Å². The molecule has 0 fully saturated rings. The normalized spacial score (nSPS) is 10.3. The Labute approximate surface area is 102 Å². The van der Waals surface area contributed by atoms with Gasteiger partial charge in [0, 0.05) is 12.1 Å². The first-order valence-corrected chi connectivity index (χ1v) is 5.74. The molecule has 0 spiro atoms. The van der Waals surface area contributed by atoms with Crippen molar-refractivity contribution in [1.82, 2.24) is 0 Å². The second-order valence-corrected chi connectivity index (χ2v) is 4.18. The first kappa shape index (κ1) is 11.7. The molecule has 0 radical (unpaired) electrons. The van der Waals surface area contributed by atoms with Crippen LogP contribution in [0.4, 0.5) is 0 Å². The van der Waals surface area contributed by atoms with Crippen molar-refractivity contribution in [2.75, 3.05) is 0 Å². The molecule has 0 aliphatic rings. The van der Waals surface area contributed by atoms with Gasteiger partial charge in [0.15, 0.2) is 0 Å². The molecule has 0 heterocycles. The van der Waals surface area contributed by atoms with Crippen molar-refractivity contribution in [3.05, 3.63) is 59.2 Å². The first-order chi connectivity index (χ1) is 8.20. The Kier molecular flexibility index (Phi) is 3.45. The fraction of sp³-hybridized carbons (Fsp3) is 0.200. The highest BCUT2D eigenvalue weighted by Crippen LogP contribution is 2.28. The summed E-state index contributed by atoms with van der Waals surface area (Å²) in [5.41, 5.74) is 9.03. The Morgan fingerprint density at radius 1 is 1.00 bits per heavy atom. The van der Waals surface area contributed by atoms with E-state index >= 15 is 0 Å². The van der Waals surface area contributed by atoms with Crippen molar-refractivity contribution >= 4 is 0 Å². The monoisotopic (exact) mass is 227 g/mol. The highest BCUT2D eigenvalue weighted by molar-refractivity contribution is 5.42. The number of aryl methyl sites for hydroxylation is 2. The molecule has 17 heavy (non-hydrogen) atoms. The quantitative estimate of drug-likeness (QED) is 0.870. The molecule has 0 saturated heterocycles. The van der Waals surface area contributed by atoms with Gasteiger partial charge in [-0.15, -0.1) is 0 Å². The molecule has 0 aromatic heterocycles.